The van der Waals surface area contributed by atoms with Gasteiger partial charge in [0.25, 0.3) is 0 Å². The van der Waals surface area contributed by atoms with E-state index in [2.05, 4.69) is 44.4 Å². The number of aromatic nitrogens is 2. The van der Waals surface area contributed by atoms with Crippen LogP contribution in [0, 0.1) is 26.7 Å². The van der Waals surface area contributed by atoms with Gasteiger partial charge in [-0.15, -0.1) is 0 Å². The third kappa shape index (κ3) is 2.01. The molecule has 0 fully saturated rings. The zero-order valence-electron chi connectivity index (χ0n) is 12.8. The lowest BCUT2D eigenvalue weighted by Crippen LogP contribution is -2.18. The van der Waals surface area contributed by atoms with E-state index in [4.69, 9.17) is 10.7 Å². The number of hydrogen-bond acceptors (Lipinski definition) is 2. The predicted octanol–water partition coefficient (Wildman–Crippen LogP) is 3.64. The molecule has 0 saturated carbocycles. The maximum Gasteiger partial charge on any atom is 0.131 e. The second-order valence-corrected chi connectivity index (χ2v) is 6.29. The van der Waals surface area contributed by atoms with Gasteiger partial charge >= 0.3 is 0 Å². The van der Waals surface area contributed by atoms with E-state index in [-0.39, 0.29) is 0 Å². The lowest BCUT2D eigenvalue weighted by molar-refractivity contribution is 0.412. The molecule has 2 N–H and O–H groups in total. The van der Waals surface area contributed by atoms with E-state index in [9.17, 15) is 0 Å². The van der Waals surface area contributed by atoms with Gasteiger partial charge in [-0.1, -0.05) is 24.6 Å². The molecule has 1 aromatic heterocycles. The third-order valence-electron chi connectivity index (χ3n) is 4.38. The molecule has 0 aliphatic carbocycles. The first-order valence-electron chi connectivity index (χ1n) is 7.40. The molecule has 20 heavy (non-hydrogen) atoms. The minimum atomic E-state index is 0.706. The van der Waals surface area contributed by atoms with Gasteiger partial charge in [-0.2, -0.15) is 0 Å². The van der Waals surface area contributed by atoms with Crippen LogP contribution in [0.15, 0.2) is 12.1 Å². The molecule has 1 aromatic carbocycles. The summed E-state index contributed by atoms with van der Waals surface area (Å²) >= 11 is 0. The van der Waals surface area contributed by atoms with E-state index in [1.807, 2.05) is 0 Å². The summed E-state index contributed by atoms with van der Waals surface area (Å²) in [5.41, 5.74) is 12.4. The monoisotopic (exact) mass is 269 g/mol. The van der Waals surface area contributed by atoms with Gasteiger partial charge in [-0.3, -0.25) is 0 Å². The number of nitrogens with two attached hydrogens (primary N) is 1. The van der Waals surface area contributed by atoms with Crippen molar-refractivity contribution in [3.63, 3.8) is 0 Å². The maximum absolute atomic E-state index is 6.38. The van der Waals surface area contributed by atoms with E-state index in [0.29, 0.717) is 5.92 Å². The normalized spacial score (nSPS) is 18.1. The molecule has 3 rings (SSSR count). The summed E-state index contributed by atoms with van der Waals surface area (Å²) in [5.74, 6) is 2.69. The molecule has 3 heteroatoms. The second kappa shape index (κ2) is 4.65. The Labute approximate surface area is 120 Å². The molecule has 2 heterocycles. The van der Waals surface area contributed by atoms with Crippen LogP contribution in [0.3, 0.4) is 0 Å². The van der Waals surface area contributed by atoms with E-state index in [1.165, 1.54) is 28.7 Å². The lowest BCUT2D eigenvalue weighted by Gasteiger charge is -2.20. The standard InChI is InChI=1S/C17H23N3/c1-10-5-6-20-14(9-10)19-16(17(20)18)15-12(3)7-11(2)8-13(15)4/h7-8,10H,5-6,9,18H2,1-4H3. The summed E-state index contributed by atoms with van der Waals surface area (Å²) < 4.78 is 2.20. The molecule has 106 valence electrons. The molecule has 0 bridgehead atoms. The molecular weight excluding hydrogens is 246 g/mol. The Hall–Kier alpha value is -1.77. The predicted molar refractivity (Wildman–Crippen MR) is 83.8 cm³/mol. The number of aryl methyl sites for hydroxylation is 3. The van der Waals surface area contributed by atoms with E-state index >= 15 is 0 Å². The number of nitrogens with zero attached hydrogens (tertiary/aromatic N) is 2. The largest absolute Gasteiger partial charge is 0.383 e. The fourth-order valence-corrected chi connectivity index (χ4v) is 3.42. The molecule has 1 unspecified atom stereocenters. The van der Waals surface area contributed by atoms with Crippen molar-refractivity contribution in [2.75, 3.05) is 5.73 Å². The van der Waals surface area contributed by atoms with Crippen LogP contribution in [-0.2, 0) is 13.0 Å². The first-order valence-corrected chi connectivity index (χ1v) is 7.40. The average molecular weight is 269 g/mol. The fourth-order valence-electron chi connectivity index (χ4n) is 3.42. The third-order valence-corrected chi connectivity index (χ3v) is 4.38. The van der Waals surface area contributed by atoms with Crippen molar-refractivity contribution in [2.45, 2.75) is 47.1 Å². The minimum absolute atomic E-state index is 0.706. The number of benzene rings is 1. The number of rotatable bonds is 1. The van der Waals surface area contributed by atoms with Gasteiger partial charge in [-0.25, -0.2) is 4.98 Å². The summed E-state index contributed by atoms with van der Waals surface area (Å²) in [6.07, 6.45) is 2.23. The molecule has 3 nitrogen and oxygen atoms in total. The lowest BCUT2D eigenvalue weighted by atomic mass is 9.97. The van der Waals surface area contributed by atoms with Gasteiger partial charge < -0.3 is 10.3 Å². The van der Waals surface area contributed by atoms with Crippen LogP contribution in [0.25, 0.3) is 11.3 Å². The van der Waals surface area contributed by atoms with Crippen LogP contribution in [-0.4, -0.2) is 9.55 Å². The van der Waals surface area contributed by atoms with E-state index in [0.717, 1.165) is 30.3 Å². The molecular formula is C17H23N3. The maximum atomic E-state index is 6.38. The van der Waals surface area contributed by atoms with Crippen LogP contribution in [0.4, 0.5) is 5.82 Å². The summed E-state index contributed by atoms with van der Waals surface area (Å²) in [6.45, 7) is 9.72. The molecule has 0 saturated heterocycles. The highest BCUT2D eigenvalue weighted by molar-refractivity contribution is 5.76. The number of imidazole rings is 1. The average Bonchev–Trinajstić information content (AvgIpc) is 2.65. The van der Waals surface area contributed by atoms with Crippen molar-refractivity contribution in [3.05, 3.63) is 34.6 Å². The zero-order valence-corrected chi connectivity index (χ0v) is 12.8. The van der Waals surface area contributed by atoms with Crippen molar-refractivity contribution >= 4 is 5.82 Å². The van der Waals surface area contributed by atoms with Crippen LogP contribution in [0.2, 0.25) is 0 Å². The van der Waals surface area contributed by atoms with Gasteiger partial charge in [-0.05, 0) is 44.2 Å². The van der Waals surface area contributed by atoms with E-state index in [1.54, 1.807) is 0 Å². The Morgan fingerprint density at radius 1 is 1.20 bits per heavy atom. The minimum Gasteiger partial charge on any atom is -0.383 e. The van der Waals surface area contributed by atoms with Crippen LogP contribution < -0.4 is 5.73 Å². The topological polar surface area (TPSA) is 43.8 Å². The molecule has 1 aliphatic rings. The van der Waals surface area contributed by atoms with E-state index < -0.39 is 0 Å². The zero-order chi connectivity index (χ0) is 14.4. The van der Waals surface area contributed by atoms with Gasteiger partial charge in [0.15, 0.2) is 0 Å². The highest BCUT2D eigenvalue weighted by atomic mass is 15.1. The quantitative estimate of drug-likeness (QED) is 0.859. The Morgan fingerprint density at radius 3 is 2.50 bits per heavy atom. The van der Waals surface area contributed by atoms with Gasteiger partial charge in [0, 0.05) is 18.5 Å². The van der Waals surface area contributed by atoms with Crippen LogP contribution >= 0.6 is 0 Å². The summed E-state index contributed by atoms with van der Waals surface area (Å²) in [7, 11) is 0. The molecule has 1 aliphatic heterocycles. The summed E-state index contributed by atoms with van der Waals surface area (Å²) in [6, 6.07) is 4.42. The number of fused-ring (bicyclic) bond motifs is 1. The van der Waals surface area contributed by atoms with Crippen molar-refractivity contribution in [2.24, 2.45) is 5.92 Å². The summed E-state index contributed by atoms with van der Waals surface area (Å²) in [5, 5.41) is 0. The Bertz CT molecular complexity index is 644. The first-order chi connectivity index (χ1) is 9.47. The van der Waals surface area contributed by atoms with Crippen LogP contribution in [0.1, 0.15) is 35.9 Å². The van der Waals surface area contributed by atoms with Gasteiger partial charge in [0.2, 0.25) is 0 Å². The molecule has 0 amide bonds. The number of anilines is 1. The van der Waals surface area contributed by atoms with Crippen molar-refractivity contribution in [1.29, 1.82) is 0 Å². The van der Waals surface area contributed by atoms with Gasteiger partial charge in [0.05, 0.1) is 0 Å². The summed E-state index contributed by atoms with van der Waals surface area (Å²) in [4.78, 5) is 4.86. The Kier molecular flexibility index (Phi) is 3.08. The fraction of sp³-hybridized carbons (Fsp3) is 0.471. The molecule has 0 radical (unpaired) electrons. The SMILES string of the molecule is Cc1cc(C)c(-c2nc3n(c2N)CCC(C)C3)c(C)c1. The first kappa shape index (κ1) is 13.2. The van der Waals surface area contributed by atoms with Gasteiger partial charge in [0.1, 0.15) is 17.3 Å². The van der Waals surface area contributed by atoms with Crippen molar-refractivity contribution in [3.8, 4) is 11.3 Å². The Morgan fingerprint density at radius 2 is 1.85 bits per heavy atom. The highest BCUT2D eigenvalue weighted by Gasteiger charge is 2.23. The van der Waals surface area contributed by atoms with Crippen molar-refractivity contribution in [1.82, 2.24) is 9.55 Å². The number of nitrogen functional groups attached to an aromatic ring is 1. The number of hydrogen-bond donors (Lipinski definition) is 1. The Balaban J connectivity index is 2.17. The second-order valence-electron chi connectivity index (χ2n) is 6.29. The molecule has 1 atom stereocenters. The smallest absolute Gasteiger partial charge is 0.131 e. The molecule has 2 aromatic rings. The molecule has 0 spiro atoms. The van der Waals surface area contributed by atoms with Crippen LogP contribution in [0.5, 0.6) is 0 Å². The highest BCUT2D eigenvalue weighted by Crippen LogP contribution is 2.35. The van der Waals surface area contributed by atoms with Crippen molar-refractivity contribution < 1.29 is 0 Å².